The Morgan fingerprint density at radius 1 is 1.35 bits per heavy atom. The van der Waals surface area contributed by atoms with Gasteiger partial charge < -0.3 is 0 Å². The number of anilines is 1. The third-order valence-electron chi connectivity index (χ3n) is 2.16. The molecule has 2 aromatic heterocycles. The molecule has 0 spiro atoms. The number of aromatic nitrogens is 4. The quantitative estimate of drug-likeness (QED) is 0.719. The molecule has 0 aliphatic heterocycles. The summed E-state index contributed by atoms with van der Waals surface area (Å²) in [5, 5.41) is 12.9. The Bertz CT molecular complexity index is 627. The molecule has 7 heteroatoms. The smallest absolute Gasteiger partial charge is 0.279 e. The van der Waals surface area contributed by atoms with E-state index in [1.165, 1.54) is 17.5 Å². The molecule has 2 N–H and O–H groups in total. The van der Waals surface area contributed by atoms with Gasteiger partial charge in [0.05, 0.1) is 16.4 Å². The highest BCUT2D eigenvalue weighted by Gasteiger charge is 2.11. The molecule has 3 rings (SSSR count). The number of benzene rings is 1. The van der Waals surface area contributed by atoms with Crippen LogP contribution in [0.2, 0.25) is 0 Å². The van der Waals surface area contributed by atoms with Crippen LogP contribution in [-0.4, -0.2) is 26.3 Å². The topological polar surface area (TPSA) is 83.6 Å². The van der Waals surface area contributed by atoms with Gasteiger partial charge in [-0.3, -0.25) is 10.1 Å². The van der Waals surface area contributed by atoms with Gasteiger partial charge in [-0.2, -0.15) is 15.4 Å². The Labute approximate surface area is 99.7 Å². The lowest BCUT2D eigenvalue weighted by atomic mass is 10.3. The van der Waals surface area contributed by atoms with E-state index >= 15 is 0 Å². The Hall–Kier alpha value is -2.28. The predicted octanol–water partition coefficient (Wildman–Crippen LogP) is 1.67. The van der Waals surface area contributed by atoms with Crippen LogP contribution in [0.1, 0.15) is 10.5 Å². The highest BCUT2D eigenvalue weighted by molar-refractivity contribution is 7.22. The average molecular weight is 245 g/mol. The molecule has 0 unspecified atom stereocenters. The minimum absolute atomic E-state index is 0.240. The van der Waals surface area contributed by atoms with Gasteiger partial charge in [0, 0.05) is 0 Å². The van der Waals surface area contributed by atoms with E-state index in [-0.39, 0.29) is 11.6 Å². The monoisotopic (exact) mass is 245 g/mol. The molecule has 0 fully saturated rings. The highest BCUT2D eigenvalue weighted by atomic mass is 32.1. The van der Waals surface area contributed by atoms with Crippen molar-refractivity contribution in [3.63, 3.8) is 0 Å². The standard InChI is InChI=1S/C10H7N5OS/c16-9(7-5-11-15-14-7)13-10-12-6-3-1-2-4-8(6)17-10/h1-5H,(H,11,14,15)(H,12,13,16). The summed E-state index contributed by atoms with van der Waals surface area (Å²) in [4.78, 5) is 16.0. The number of thiazole rings is 1. The molecule has 3 aromatic rings. The van der Waals surface area contributed by atoms with Crippen LogP contribution >= 0.6 is 11.3 Å². The van der Waals surface area contributed by atoms with Gasteiger partial charge in [0.25, 0.3) is 5.91 Å². The van der Waals surface area contributed by atoms with E-state index in [9.17, 15) is 4.79 Å². The molecular weight excluding hydrogens is 238 g/mol. The zero-order valence-corrected chi connectivity index (χ0v) is 9.36. The van der Waals surface area contributed by atoms with Crippen molar-refractivity contribution in [1.29, 1.82) is 0 Å². The molecular formula is C10H7N5OS. The molecule has 1 amide bonds. The average Bonchev–Trinajstić information content (AvgIpc) is 2.97. The van der Waals surface area contributed by atoms with Crippen LogP contribution in [0.4, 0.5) is 5.13 Å². The lowest BCUT2D eigenvalue weighted by Gasteiger charge is -1.95. The Morgan fingerprint density at radius 2 is 2.24 bits per heavy atom. The minimum atomic E-state index is -0.321. The van der Waals surface area contributed by atoms with E-state index in [4.69, 9.17) is 0 Å². The van der Waals surface area contributed by atoms with E-state index in [0.717, 1.165) is 10.2 Å². The summed E-state index contributed by atoms with van der Waals surface area (Å²) >= 11 is 1.42. The van der Waals surface area contributed by atoms with Gasteiger partial charge in [-0.1, -0.05) is 23.5 Å². The highest BCUT2D eigenvalue weighted by Crippen LogP contribution is 2.25. The van der Waals surface area contributed by atoms with E-state index in [2.05, 4.69) is 25.7 Å². The molecule has 0 saturated carbocycles. The number of H-pyrrole nitrogens is 1. The van der Waals surface area contributed by atoms with Crippen LogP contribution in [-0.2, 0) is 0 Å². The summed E-state index contributed by atoms with van der Waals surface area (Å²) in [7, 11) is 0. The summed E-state index contributed by atoms with van der Waals surface area (Å²) in [6, 6.07) is 7.70. The van der Waals surface area contributed by atoms with Crippen LogP contribution in [0.15, 0.2) is 30.5 Å². The summed E-state index contributed by atoms with van der Waals surface area (Å²) < 4.78 is 1.03. The van der Waals surface area contributed by atoms with Gasteiger partial charge in [-0.05, 0) is 12.1 Å². The summed E-state index contributed by atoms with van der Waals surface area (Å²) in [5.74, 6) is -0.321. The van der Waals surface area contributed by atoms with Crippen molar-refractivity contribution in [1.82, 2.24) is 20.4 Å². The first kappa shape index (κ1) is 9.91. The maximum absolute atomic E-state index is 11.7. The van der Waals surface area contributed by atoms with Crippen molar-refractivity contribution < 1.29 is 4.79 Å². The van der Waals surface area contributed by atoms with Crippen LogP contribution in [0.5, 0.6) is 0 Å². The number of aromatic amines is 1. The van der Waals surface area contributed by atoms with E-state index in [1.54, 1.807) is 0 Å². The molecule has 1 aromatic carbocycles. The van der Waals surface area contributed by atoms with Crippen LogP contribution in [0, 0.1) is 0 Å². The molecule has 0 aliphatic carbocycles. The van der Waals surface area contributed by atoms with Crippen molar-refractivity contribution in [2.24, 2.45) is 0 Å². The number of rotatable bonds is 2. The first-order valence-corrected chi connectivity index (χ1v) is 5.67. The number of hydrogen-bond donors (Lipinski definition) is 2. The molecule has 0 atom stereocenters. The molecule has 17 heavy (non-hydrogen) atoms. The zero-order valence-electron chi connectivity index (χ0n) is 8.54. The minimum Gasteiger partial charge on any atom is -0.296 e. The Balaban J connectivity index is 1.88. The lowest BCUT2D eigenvalue weighted by Crippen LogP contribution is -2.11. The Morgan fingerprint density at radius 3 is 3.00 bits per heavy atom. The number of amides is 1. The number of hydrogen-bond acceptors (Lipinski definition) is 5. The molecule has 0 radical (unpaired) electrons. The lowest BCUT2D eigenvalue weighted by molar-refractivity contribution is 0.102. The van der Waals surface area contributed by atoms with Crippen LogP contribution < -0.4 is 5.32 Å². The maximum Gasteiger partial charge on any atom is 0.279 e. The van der Waals surface area contributed by atoms with Gasteiger partial charge in [-0.15, -0.1) is 0 Å². The number of carbonyl (C=O) groups is 1. The first-order valence-electron chi connectivity index (χ1n) is 4.85. The number of carbonyl (C=O) groups excluding carboxylic acids is 1. The van der Waals surface area contributed by atoms with Gasteiger partial charge >= 0.3 is 0 Å². The van der Waals surface area contributed by atoms with Crippen molar-refractivity contribution in [2.75, 3.05) is 5.32 Å². The van der Waals surface area contributed by atoms with E-state index in [1.807, 2.05) is 24.3 Å². The SMILES string of the molecule is O=C(Nc1nc2ccccc2s1)c1cn[nH]n1. The Kier molecular flexibility index (Phi) is 2.30. The van der Waals surface area contributed by atoms with E-state index in [0.29, 0.717) is 5.13 Å². The number of fused-ring (bicyclic) bond motifs is 1. The van der Waals surface area contributed by atoms with Crippen molar-refractivity contribution >= 4 is 32.6 Å². The fourth-order valence-corrected chi connectivity index (χ4v) is 2.26. The van der Waals surface area contributed by atoms with E-state index < -0.39 is 0 Å². The third-order valence-corrected chi connectivity index (χ3v) is 3.11. The normalized spacial score (nSPS) is 10.6. The van der Waals surface area contributed by atoms with Crippen molar-refractivity contribution in [2.45, 2.75) is 0 Å². The molecule has 0 bridgehead atoms. The van der Waals surface area contributed by atoms with Gasteiger partial charge in [-0.25, -0.2) is 4.98 Å². The number of nitrogens with one attached hydrogen (secondary N) is 2. The van der Waals surface area contributed by atoms with Crippen LogP contribution in [0.25, 0.3) is 10.2 Å². The molecule has 84 valence electrons. The fourth-order valence-electron chi connectivity index (χ4n) is 1.40. The predicted molar refractivity (Wildman–Crippen MR) is 64.0 cm³/mol. The summed E-state index contributed by atoms with van der Waals surface area (Å²) in [5.41, 5.74) is 1.11. The van der Waals surface area contributed by atoms with Gasteiger partial charge in [0.2, 0.25) is 0 Å². The molecule has 0 saturated heterocycles. The fraction of sp³-hybridized carbons (Fsp3) is 0. The summed E-state index contributed by atoms with van der Waals surface area (Å²) in [6.45, 7) is 0. The first-order chi connectivity index (χ1) is 8.33. The molecule has 0 aliphatic rings. The molecule has 2 heterocycles. The van der Waals surface area contributed by atoms with Gasteiger partial charge in [0.15, 0.2) is 10.8 Å². The van der Waals surface area contributed by atoms with Crippen LogP contribution in [0.3, 0.4) is 0 Å². The third kappa shape index (κ3) is 1.87. The molecule has 6 nitrogen and oxygen atoms in total. The largest absolute Gasteiger partial charge is 0.296 e. The zero-order chi connectivity index (χ0) is 11.7. The van der Waals surface area contributed by atoms with Crippen molar-refractivity contribution in [3.8, 4) is 0 Å². The van der Waals surface area contributed by atoms with Gasteiger partial charge in [0.1, 0.15) is 0 Å². The number of para-hydroxylation sites is 1. The number of nitrogens with zero attached hydrogens (tertiary/aromatic N) is 3. The second-order valence-electron chi connectivity index (χ2n) is 3.30. The van der Waals surface area contributed by atoms with Crippen molar-refractivity contribution in [3.05, 3.63) is 36.2 Å². The second kappa shape index (κ2) is 3.95. The second-order valence-corrected chi connectivity index (χ2v) is 4.33. The summed E-state index contributed by atoms with van der Waals surface area (Å²) in [6.07, 6.45) is 1.36. The maximum atomic E-state index is 11.7.